The molecule has 178 valence electrons. The average Bonchev–Trinajstić information content (AvgIpc) is 3.28. The Bertz CT molecular complexity index is 1140. The van der Waals surface area contributed by atoms with Crippen LogP contribution in [0.2, 0.25) is 0 Å². The van der Waals surface area contributed by atoms with Crippen molar-refractivity contribution in [2.75, 3.05) is 42.3 Å². The fourth-order valence-electron chi connectivity index (χ4n) is 4.49. The number of nitrogens with zero attached hydrogens (tertiary/aromatic N) is 3. The summed E-state index contributed by atoms with van der Waals surface area (Å²) >= 11 is 0. The van der Waals surface area contributed by atoms with Crippen LogP contribution in [0.3, 0.4) is 0 Å². The number of aromatic nitrogens is 1. The number of carbonyl (C=O) groups is 1. The van der Waals surface area contributed by atoms with Gasteiger partial charge in [-0.1, -0.05) is 0 Å². The van der Waals surface area contributed by atoms with Gasteiger partial charge in [0.05, 0.1) is 16.1 Å². The molecule has 4 rings (SSSR count). The molecule has 0 amide bonds. The molecule has 0 spiro atoms. The third kappa shape index (κ3) is 5.41. The summed E-state index contributed by atoms with van der Waals surface area (Å²) in [5.74, 6) is -3.02. The number of nitrogens with one attached hydrogen (secondary N) is 1. The molecule has 1 unspecified atom stereocenters. The van der Waals surface area contributed by atoms with Gasteiger partial charge in [0.25, 0.3) is 10.0 Å². The van der Waals surface area contributed by atoms with Crippen LogP contribution in [0, 0.1) is 17.6 Å². The maximum absolute atomic E-state index is 13.6. The zero-order valence-corrected chi connectivity index (χ0v) is 18.8. The average molecular weight is 481 g/mol. The van der Waals surface area contributed by atoms with E-state index in [-0.39, 0.29) is 11.3 Å². The van der Waals surface area contributed by atoms with Crippen LogP contribution >= 0.6 is 0 Å². The first-order valence-electron chi connectivity index (χ1n) is 10.9. The van der Waals surface area contributed by atoms with E-state index >= 15 is 0 Å². The van der Waals surface area contributed by atoms with Crippen LogP contribution in [-0.4, -0.2) is 62.1 Å². The Balaban J connectivity index is 1.62. The number of hydrogen-bond donors (Lipinski definition) is 2. The fourth-order valence-corrected chi connectivity index (χ4v) is 5.55. The lowest BCUT2D eigenvalue weighted by Gasteiger charge is -2.36. The summed E-state index contributed by atoms with van der Waals surface area (Å²) in [4.78, 5) is 19.7. The largest absolute Gasteiger partial charge is 0.478 e. The van der Waals surface area contributed by atoms with Crippen molar-refractivity contribution in [2.24, 2.45) is 5.92 Å². The highest BCUT2D eigenvalue weighted by molar-refractivity contribution is 7.92. The molecule has 0 aliphatic carbocycles. The molecule has 33 heavy (non-hydrogen) atoms. The second kappa shape index (κ2) is 9.60. The summed E-state index contributed by atoms with van der Waals surface area (Å²) in [5, 5.41) is 9.37. The lowest BCUT2D eigenvalue weighted by molar-refractivity contribution is 0.0696. The van der Waals surface area contributed by atoms with Crippen LogP contribution in [0.1, 0.15) is 36.0 Å². The Morgan fingerprint density at radius 2 is 1.88 bits per heavy atom. The van der Waals surface area contributed by atoms with Crippen LogP contribution in [0.5, 0.6) is 0 Å². The molecular weight excluding hydrogens is 454 g/mol. The molecule has 2 N–H and O–H groups in total. The number of carboxylic acid groups (broad SMARTS) is 1. The van der Waals surface area contributed by atoms with Gasteiger partial charge in [-0.05, 0) is 69.0 Å². The smallest absolute Gasteiger partial charge is 0.337 e. The van der Waals surface area contributed by atoms with Gasteiger partial charge in [-0.25, -0.2) is 27.0 Å². The number of halogens is 2. The first-order chi connectivity index (χ1) is 15.7. The summed E-state index contributed by atoms with van der Waals surface area (Å²) in [5.41, 5.74) is -0.200. The number of pyridine rings is 1. The molecule has 0 radical (unpaired) electrons. The van der Waals surface area contributed by atoms with Crippen molar-refractivity contribution in [3.63, 3.8) is 0 Å². The highest BCUT2D eigenvalue weighted by Crippen LogP contribution is 2.31. The minimum absolute atomic E-state index is 0.0125. The molecule has 1 atom stereocenters. The van der Waals surface area contributed by atoms with Crippen molar-refractivity contribution in [1.29, 1.82) is 0 Å². The lowest BCUT2D eigenvalue weighted by Crippen LogP contribution is -2.41. The van der Waals surface area contributed by atoms with E-state index < -0.39 is 32.5 Å². The topological polar surface area (TPSA) is 103 Å². The quantitative estimate of drug-likeness (QED) is 0.628. The molecular formula is C22H26F2N4O4S. The Kier molecular flexibility index (Phi) is 6.80. The summed E-state index contributed by atoms with van der Waals surface area (Å²) < 4.78 is 55.0. The predicted molar refractivity (Wildman–Crippen MR) is 119 cm³/mol. The molecule has 8 nitrogen and oxygen atoms in total. The predicted octanol–water partition coefficient (Wildman–Crippen LogP) is 3.17. The van der Waals surface area contributed by atoms with Crippen molar-refractivity contribution >= 4 is 27.5 Å². The van der Waals surface area contributed by atoms with Crippen LogP contribution in [0.15, 0.2) is 35.4 Å². The van der Waals surface area contributed by atoms with E-state index in [1.807, 2.05) is 4.90 Å². The molecule has 11 heteroatoms. The van der Waals surface area contributed by atoms with Gasteiger partial charge in [0.15, 0.2) is 17.5 Å². The van der Waals surface area contributed by atoms with Crippen molar-refractivity contribution in [3.8, 4) is 0 Å². The van der Waals surface area contributed by atoms with Crippen molar-refractivity contribution in [3.05, 3.63) is 47.7 Å². The molecule has 1 aromatic heterocycles. The number of piperidine rings is 1. The molecule has 0 saturated carbocycles. The molecule has 1 aromatic carbocycles. The molecule has 0 bridgehead atoms. The first kappa shape index (κ1) is 23.4. The maximum Gasteiger partial charge on any atom is 0.337 e. The Labute approximate surface area is 191 Å². The molecule has 2 aliphatic rings. The number of anilines is 2. The maximum atomic E-state index is 13.6. The monoisotopic (exact) mass is 480 g/mol. The van der Waals surface area contributed by atoms with E-state index in [4.69, 9.17) is 0 Å². The van der Waals surface area contributed by atoms with Gasteiger partial charge in [-0.15, -0.1) is 0 Å². The number of rotatable bonds is 7. The molecule has 2 fully saturated rings. The zero-order valence-electron chi connectivity index (χ0n) is 18.0. The number of carboxylic acids is 1. The van der Waals surface area contributed by atoms with Gasteiger partial charge >= 0.3 is 5.97 Å². The van der Waals surface area contributed by atoms with Crippen LogP contribution in [0.25, 0.3) is 0 Å². The number of sulfonamides is 1. The van der Waals surface area contributed by atoms with E-state index in [1.54, 1.807) is 0 Å². The second-order valence-electron chi connectivity index (χ2n) is 8.54. The van der Waals surface area contributed by atoms with Crippen LogP contribution in [0.4, 0.5) is 20.3 Å². The third-order valence-corrected chi connectivity index (χ3v) is 7.46. The van der Waals surface area contributed by atoms with Gasteiger partial charge in [-0.2, -0.15) is 0 Å². The minimum atomic E-state index is -4.31. The number of likely N-dealkylation sites (tertiary alicyclic amines) is 1. The highest BCUT2D eigenvalue weighted by Gasteiger charge is 2.27. The minimum Gasteiger partial charge on any atom is -0.478 e. The Morgan fingerprint density at radius 3 is 2.58 bits per heavy atom. The number of hydrogen-bond acceptors (Lipinski definition) is 6. The Hall–Kier alpha value is -2.79. The van der Waals surface area contributed by atoms with Crippen LogP contribution < -0.4 is 9.62 Å². The first-order valence-corrected chi connectivity index (χ1v) is 12.4. The Morgan fingerprint density at radius 1 is 1.12 bits per heavy atom. The van der Waals surface area contributed by atoms with Gasteiger partial charge in [0, 0.05) is 25.8 Å². The van der Waals surface area contributed by atoms with Crippen molar-refractivity contribution in [1.82, 2.24) is 9.88 Å². The normalized spacial score (nSPS) is 19.6. The summed E-state index contributed by atoms with van der Waals surface area (Å²) in [6.45, 7) is 4.44. The zero-order chi connectivity index (χ0) is 23.6. The van der Waals surface area contributed by atoms with E-state index in [1.165, 1.54) is 25.1 Å². The van der Waals surface area contributed by atoms with Gasteiger partial charge in [0.1, 0.15) is 0 Å². The van der Waals surface area contributed by atoms with E-state index in [0.29, 0.717) is 30.9 Å². The van der Waals surface area contributed by atoms with Gasteiger partial charge in [0.2, 0.25) is 0 Å². The summed E-state index contributed by atoms with van der Waals surface area (Å²) in [6, 6.07) is 3.46. The third-order valence-electron chi connectivity index (χ3n) is 6.09. The second-order valence-corrected chi connectivity index (χ2v) is 10.2. The fraction of sp³-hybridized carbons (Fsp3) is 0.455. The van der Waals surface area contributed by atoms with E-state index in [9.17, 15) is 27.1 Å². The molecule has 2 saturated heterocycles. The van der Waals surface area contributed by atoms with Gasteiger partial charge < -0.3 is 14.9 Å². The van der Waals surface area contributed by atoms with E-state index in [0.717, 1.165) is 44.6 Å². The summed E-state index contributed by atoms with van der Waals surface area (Å²) in [6.07, 6.45) is 5.54. The van der Waals surface area contributed by atoms with E-state index in [2.05, 4.69) is 14.6 Å². The number of aromatic carboxylic acids is 1. The lowest BCUT2D eigenvalue weighted by atomic mass is 9.97. The standard InChI is InChI=1S/C22H26F2N4O4S/c23-18-6-5-17(11-19(18)24)33(31,32)26-20-10-16(22(29)30)12-25-21(20)28-9-3-4-15(14-28)13-27-7-1-2-8-27/h5-6,10-12,15,26H,1-4,7-9,13-14H2,(H,29,30). The molecule has 2 aromatic rings. The van der Waals surface area contributed by atoms with Gasteiger partial charge in [-0.3, -0.25) is 4.72 Å². The highest BCUT2D eigenvalue weighted by atomic mass is 32.2. The SMILES string of the molecule is O=C(O)c1cnc(N2CCCC(CN3CCCC3)C2)c(NS(=O)(=O)c2ccc(F)c(F)c2)c1. The molecule has 3 heterocycles. The summed E-state index contributed by atoms with van der Waals surface area (Å²) in [7, 11) is -4.31. The van der Waals surface area contributed by atoms with Crippen molar-refractivity contribution < 1.29 is 27.1 Å². The number of benzene rings is 1. The van der Waals surface area contributed by atoms with Crippen molar-refractivity contribution in [2.45, 2.75) is 30.6 Å². The molecule has 2 aliphatic heterocycles. The van der Waals surface area contributed by atoms with Crippen LogP contribution in [-0.2, 0) is 10.0 Å².